The van der Waals surface area contributed by atoms with E-state index >= 15 is 0 Å². The fraction of sp³-hybridized carbons (Fsp3) is 1.00. The summed E-state index contributed by atoms with van der Waals surface area (Å²) < 4.78 is 5.73. The van der Waals surface area contributed by atoms with Crippen molar-refractivity contribution in [1.29, 1.82) is 0 Å². The molecule has 0 radical (unpaired) electrons. The first kappa shape index (κ1) is 18.1. The van der Waals surface area contributed by atoms with Crippen LogP contribution in [0.1, 0.15) is 20.8 Å². The summed E-state index contributed by atoms with van der Waals surface area (Å²) in [4.78, 5) is 6.93. The SMILES string of the molecule is C[C@H](O)CN1CCN(C[C@H](O)CN2C[C@@H](C)O[C@H](C)C2)CC1. The van der Waals surface area contributed by atoms with Crippen molar-refractivity contribution in [2.75, 3.05) is 58.9 Å². The average Bonchev–Trinajstić information content (AvgIpc) is 2.39. The highest BCUT2D eigenvalue weighted by Gasteiger charge is 2.25. The van der Waals surface area contributed by atoms with Gasteiger partial charge in [0.2, 0.25) is 0 Å². The van der Waals surface area contributed by atoms with Gasteiger partial charge in [0.1, 0.15) is 0 Å². The minimum Gasteiger partial charge on any atom is -0.392 e. The molecule has 0 spiro atoms. The lowest BCUT2D eigenvalue weighted by Crippen LogP contribution is -2.53. The van der Waals surface area contributed by atoms with E-state index in [2.05, 4.69) is 28.5 Å². The van der Waals surface area contributed by atoms with Crippen LogP contribution < -0.4 is 0 Å². The first-order valence-corrected chi connectivity index (χ1v) is 8.61. The van der Waals surface area contributed by atoms with Crippen LogP contribution in [0.2, 0.25) is 0 Å². The Morgan fingerprint density at radius 1 is 0.864 bits per heavy atom. The van der Waals surface area contributed by atoms with Crippen molar-refractivity contribution in [2.45, 2.75) is 45.2 Å². The molecule has 0 aromatic carbocycles. The number of β-amino-alcohol motifs (C(OH)–C–C–N with tert-alkyl or cyclic N) is 2. The van der Waals surface area contributed by atoms with E-state index in [0.29, 0.717) is 0 Å². The lowest BCUT2D eigenvalue weighted by Gasteiger charge is -2.38. The van der Waals surface area contributed by atoms with Crippen LogP contribution >= 0.6 is 0 Å². The fourth-order valence-electron chi connectivity index (χ4n) is 3.62. The number of nitrogens with zero attached hydrogens (tertiary/aromatic N) is 3. The number of ether oxygens (including phenoxy) is 1. The summed E-state index contributed by atoms with van der Waals surface area (Å²) in [5.74, 6) is 0. The molecule has 2 aliphatic rings. The zero-order valence-electron chi connectivity index (χ0n) is 14.3. The van der Waals surface area contributed by atoms with Gasteiger partial charge < -0.3 is 14.9 Å². The highest BCUT2D eigenvalue weighted by atomic mass is 16.5. The minimum absolute atomic E-state index is 0.250. The Morgan fingerprint density at radius 2 is 1.32 bits per heavy atom. The molecular formula is C16H33N3O3. The van der Waals surface area contributed by atoms with Gasteiger partial charge in [-0.05, 0) is 20.8 Å². The van der Waals surface area contributed by atoms with Gasteiger partial charge in [0.15, 0.2) is 0 Å². The van der Waals surface area contributed by atoms with E-state index in [9.17, 15) is 10.2 Å². The molecule has 6 nitrogen and oxygen atoms in total. The number of aliphatic hydroxyl groups is 2. The summed E-state index contributed by atoms with van der Waals surface area (Å²) in [6.45, 7) is 13.9. The smallest absolute Gasteiger partial charge is 0.0793 e. The topological polar surface area (TPSA) is 59.4 Å². The highest BCUT2D eigenvalue weighted by Crippen LogP contribution is 2.11. The van der Waals surface area contributed by atoms with E-state index in [4.69, 9.17) is 4.74 Å². The second kappa shape index (κ2) is 8.57. The molecule has 6 heteroatoms. The summed E-state index contributed by atoms with van der Waals surface area (Å²) in [6, 6.07) is 0. The van der Waals surface area contributed by atoms with Crippen molar-refractivity contribution in [1.82, 2.24) is 14.7 Å². The summed E-state index contributed by atoms with van der Waals surface area (Å²) in [6.07, 6.45) is -0.0665. The van der Waals surface area contributed by atoms with Gasteiger partial charge in [-0.25, -0.2) is 0 Å². The van der Waals surface area contributed by atoms with Gasteiger partial charge in [0.25, 0.3) is 0 Å². The summed E-state index contributed by atoms with van der Waals surface area (Å²) in [5, 5.41) is 19.8. The van der Waals surface area contributed by atoms with Gasteiger partial charge >= 0.3 is 0 Å². The van der Waals surface area contributed by atoms with Crippen molar-refractivity contribution in [3.8, 4) is 0 Å². The molecule has 0 aromatic heterocycles. The van der Waals surface area contributed by atoms with Crippen LogP contribution in [0.15, 0.2) is 0 Å². The van der Waals surface area contributed by atoms with Gasteiger partial charge in [0.05, 0.1) is 24.4 Å². The van der Waals surface area contributed by atoms with Crippen LogP contribution in [0, 0.1) is 0 Å². The first-order valence-electron chi connectivity index (χ1n) is 8.61. The third-order valence-electron chi connectivity index (χ3n) is 4.42. The molecule has 2 N–H and O–H groups in total. The predicted molar refractivity (Wildman–Crippen MR) is 87.0 cm³/mol. The molecule has 4 atom stereocenters. The van der Waals surface area contributed by atoms with Gasteiger partial charge in [-0.2, -0.15) is 0 Å². The van der Waals surface area contributed by atoms with Gasteiger partial charge in [0, 0.05) is 58.9 Å². The predicted octanol–water partition coefficient (Wildman–Crippen LogP) is -0.545. The van der Waals surface area contributed by atoms with E-state index < -0.39 is 0 Å². The number of aliphatic hydroxyl groups excluding tert-OH is 2. The molecule has 0 amide bonds. The minimum atomic E-state index is -0.305. The second-order valence-corrected chi connectivity index (χ2v) is 7.08. The van der Waals surface area contributed by atoms with Crippen LogP contribution in [-0.2, 0) is 4.74 Å². The van der Waals surface area contributed by atoms with Crippen LogP contribution in [0.3, 0.4) is 0 Å². The first-order chi connectivity index (χ1) is 10.4. The number of morpholine rings is 1. The normalized spacial score (nSPS) is 32.0. The van der Waals surface area contributed by atoms with Crippen molar-refractivity contribution in [3.63, 3.8) is 0 Å². The Bertz CT molecular complexity index is 312. The molecule has 130 valence electrons. The zero-order chi connectivity index (χ0) is 16.1. The lowest BCUT2D eigenvalue weighted by molar-refractivity contribution is -0.0786. The number of rotatable bonds is 6. The Kier molecular flexibility index (Phi) is 7.05. The molecule has 2 saturated heterocycles. The van der Waals surface area contributed by atoms with Gasteiger partial charge in [-0.15, -0.1) is 0 Å². The van der Waals surface area contributed by atoms with E-state index in [1.165, 1.54) is 0 Å². The Labute approximate surface area is 134 Å². The molecule has 2 fully saturated rings. The quantitative estimate of drug-likeness (QED) is 0.686. The van der Waals surface area contributed by atoms with E-state index in [0.717, 1.165) is 58.9 Å². The molecule has 2 heterocycles. The van der Waals surface area contributed by atoms with Crippen LogP contribution in [0.5, 0.6) is 0 Å². The molecule has 0 unspecified atom stereocenters. The third kappa shape index (κ3) is 6.10. The van der Waals surface area contributed by atoms with E-state index in [1.807, 2.05) is 6.92 Å². The Hall–Kier alpha value is -0.240. The maximum Gasteiger partial charge on any atom is 0.0793 e. The Balaban J connectivity index is 1.66. The number of piperazine rings is 1. The van der Waals surface area contributed by atoms with Crippen LogP contribution in [0.25, 0.3) is 0 Å². The maximum absolute atomic E-state index is 10.4. The molecule has 0 aliphatic carbocycles. The molecule has 0 saturated carbocycles. The van der Waals surface area contributed by atoms with Crippen LogP contribution in [-0.4, -0.2) is 108 Å². The van der Waals surface area contributed by atoms with Crippen LogP contribution in [0.4, 0.5) is 0 Å². The standard InChI is InChI=1S/C16H33N3O3/c1-13(20)8-17-4-6-18(7-5-17)11-16(21)12-19-9-14(2)22-15(3)10-19/h13-16,20-21H,4-12H2,1-3H3/t13-,14+,15+,16-/m0/s1. The number of hydrogen-bond acceptors (Lipinski definition) is 6. The van der Waals surface area contributed by atoms with Crippen molar-refractivity contribution >= 4 is 0 Å². The summed E-state index contributed by atoms with van der Waals surface area (Å²) >= 11 is 0. The fourth-order valence-corrected chi connectivity index (χ4v) is 3.62. The Morgan fingerprint density at radius 3 is 1.82 bits per heavy atom. The van der Waals surface area contributed by atoms with Gasteiger partial charge in [-0.1, -0.05) is 0 Å². The molecule has 22 heavy (non-hydrogen) atoms. The highest BCUT2D eigenvalue weighted by molar-refractivity contribution is 4.79. The van der Waals surface area contributed by atoms with Gasteiger partial charge in [-0.3, -0.25) is 14.7 Å². The largest absolute Gasteiger partial charge is 0.392 e. The summed E-state index contributed by atoms with van der Waals surface area (Å²) in [7, 11) is 0. The van der Waals surface area contributed by atoms with Crippen molar-refractivity contribution < 1.29 is 14.9 Å². The van der Waals surface area contributed by atoms with E-state index in [1.54, 1.807) is 0 Å². The zero-order valence-corrected chi connectivity index (χ0v) is 14.3. The molecule has 2 aliphatic heterocycles. The average molecular weight is 315 g/mol. The molecular weight excluding hydrogens is 282 g/mol. The lowest BCUT2D eigenvalue weighted by atomic mass is 10.2. The van der Waals surface area contributed by atoms with Crippen molar-refractivity contribution in [2.24, 2.45) is 0 Å². The molecule has 2 rings (SSSR count). The van der Waals surface area contributed by atoms with Crippen molar-refractivity contribution in [3.05, 3.63) is 0 Å². The van der Waals surface area contributed by atoms with E-state index in [-0.39, 0.29) is 24.4 Å². The monoisotopic (exact) mass is 315 g/mol. The molecule has 0 aromatic rings. The molecule has 0 bridgehead atoms. The third-order valence-corrected chi connectivity index (χ3v) is 4.42. The summed E-state index contributed by atoms with van der Waals surface area (Å²) in [5.41, 5.74) is 0. The second-order valence-electron chi connectivity index (χ2n) is 7.08. The number of hydrogen-bond donors (Lipinski definition) is 2. The maximum atomic E-state index is 10.4.